The highest BCUT2D eigenvalue weighted by Crippen LogP contribution is 2.04. The van der Waals surface area contributed by atoms with E-state index in [4.69, 9.17) is 16.7 Å². The molecular formula is C9H10N4. The summed E-state index contributed by atoms with van der Waals surface area (Å²) in [5, 5.41) is 8.60. The minimum absolute atomic E-state index is 0.0577. The molecule has 0 bridgehead atoms. The molecule has 0 unspecified atom stereocenters. The van der Waals surface area contributed by atoms with Crippen molar-refractivity contribution in [3.63, 3.8) is 0 Å². The molecular weight excluding hydrogens is 164 g/mol. The number of benzene rings is 1. The van der Waals surface area contributed by atoms with Crippen LogP contribution in [0, 0.1) is 11.3 Å². The van der Waals surface area contributed by atoms with Gasteiger partial charge in [0.25, 0.3) is 0 Å². The highest BCUT2D eigenvalue weighted by molar-refractivity contribution is 5.75. The van der Waals surface area contributed by atoms with Crippen molar-refractivity contribution in [1.29, 1.82) is 5.26 Å². The fraction of sp³-hybridized carbons (Fsp3) is 0.111. The first kappa shape index (κ1) is 9.07. The number of rotatable bonds is 2. The third-order valence-corrected chi connectivity index (χ3v) is 1.50. The Balaban J connectivity index is 2.79. The molecule has 1 rings (SSSR count). The van der Waals surface area contributed by atoms with Crippen LogP contribution in [-0.4, -0.2) is 5.96 Å². The average molecular weight is 174 g/mol. The Morgan fingerprint density at radius 1 is 1.46 bits per heavy atom. The number of hydrogen-bond donors (Lipinski definition) is 2. The largest absolute Gasteiger partial charge is 0.370 e. The summed E-state index contributed by atoms with van der Waals surface area (Å²) >= 11 is 0. The van der Waals surface area contributed by atoms with Gasteiger partial charge in [-0.2, -0.15) is 5.26 Å². The van der Waals surface area contributed by atoms with E-state index >= 15 is 0 Å². The molecule has 4 N–H and O–H groups in total. The van der Waals surface area contributed by atoms with Gasteiger partial charge in [-0.25, -0.2) is 4.99 Å². The Morgan fingerprint density at radius 2 is 2.23 bits per heavy atom. The second kappa shape index (κ2) is 4.12. The molecule has 0 aliphatic heterocycles. The summed E-state index contributed by atoms with van der Waals surface area (Å²) < 4.78 is 0. The first-order valence-electron chi connectivity index (χ1n) is 3.77. The Labute approximate surface area is 76.5 Å². The van der Waals surface area contributed by atoms with Crippen LogP contribution in [0.2, 0.25) is 0 Å². The summed E-state index contributed by atoms with van der Waals surface area (Å²) in [6.45, 7) is 0.415. The van der Waals surface area contributed by atoms with Crippen LogP contribution in [0.25, 0.3) is 0 Å². The molecule has 0 saturated heterocycles. The molecule has 66 valence electrons. The van der Waals surface area contributed by atoms with Crippen molar-refractivity contribution < 1.29 is 0 Å². The zero-order chi connectivity index (χ0) is 9.68. The standard InChI is InChI=1S/C9H10N4/c10-5-7-2-1-3-8(4-7)6-13-9(11)12/h1-4H,6H2,(H4,11,12,13). The van der Waals surface area contributed by atoms with Crippen LogP contribution in [0.3, 0.4) is 0 Å². The fourth-order valence-corrected chi connectivity index (χ4v) is 0.922. The van der Waals surface area contributed by atoms with Crippen molar-refractivity contribution in [3.05, 3.63) is 35.4 Å². The lowest BCUT2D eigenvalue weighted by molar-refractivity contribution is 1.05. The van der Waals surface area contributed by atoms with Gasteiger partial charge in [0.05, 0.1) is 18.2 Å². The van der Waals surface area contributed by atoms with Crippen molar-refractivity contribution in [2.45, 2.75) is 6.54 Å². The van der Waals surface area contributed by atoms with Crippen LogP contribution in [0.1, 0.15) is 11.1 Å². The number of guanidine groups is 1. The van der Waals surface area contributed by atoms with Crippen LogP contribution in [0.4, 0.5) is 0 Å². The van der Waals surface area contributed by atoms with Crippen LogP contribution in [-0.2, 0) is 6.54 Å². The first-order chi connectivity index (χ1) is 6.22. The molecule has 4 heteroatoms. The van der Waals surface area contributed by atoms with E-state index in [2.05, 4.69) is 4.99 Å². The lowest BCUT2D eigenvalue weighted by atomic mass is 10.1. The fourth-order valence-electron chi connectivity index (χ4n) is 0.922. The van der Waals surface area contributed by atoms with Crippen LogP contribution < -0.4 is 11.5 Å². The molecule has 0 heterocycles. The van der Waals surface area contributed by atoms with E-state index < -0.39 is 0 Å². The van der Waals surface area contributed by atoms with E-state index in [1.54, 1.807) is 18.2 Å². The Morgan fingerprint density at radius 3 is 2.85 bits per heavy atom. The lowest BCUT2D eigenvalue weighted by Crippen LogP contribution is -2.22. The van der Waals surface area contributed by atoms with Gasteiger partial charge in [0.1, 0.15) is 0 Å². The van der Waals surface area contributed by atoms with E-state index in [0.717, 1.165) is 5.56 Å². The second-order valence-electron chi connectivity index (χ2n) is 2.55. The van der Waals surface area contributed by atoms with E-state index in [0.29, 0.717) is 12.1 Å². The van der Waals surface area contributed by atoms with E-state index in [9.17, 15) is 0 Å². The summed E-state index contributed by atoms with van der Waals surface area (Å²) in [5.41, 5.74) is 11.9. The molecule has 0 fully saturated rings. The van der Waals surface area contributed by atoms with Gasteiger partial charge in [-0.3, -0.25) is 0 Å². The Bertz CT molecular complexity index is 358. The molecule has 0 radical (unpaired) electrons. The van der Waals surface area contributed by atoms with Crippen molar-refractivity contribution in [2.75, 3.05) is 0 Å². The highest BCUT2D eigenvalue weighted by Gasteiger charge is 1.93. The van der Waals surface area contributed by atoms with Crippen LogP contribution in [0.15, 0.2) is 29.3 Å². The third kappa shape index (κ3) is 2.83. The molecule has 13 heavy (non-hydrogen) atoms. The average Bonchev–Trinajstić information content (AvgIpc) is 2.15. The molecule has 0 atom stereocenters. The second-order valence-corrected chi connectivity index (χ2v) is 2.55. The first-order valence-corrected chi connectivity index (χ1v) is 3.77. The molecule has 4 nitrogen and oxygen atoms in total. The normalized spacial score (nSPS) is 8.85. The molecule has 0 aliphatic rings. The summed E-state index contributed by atoms with van der Waals surface area (Å²) in [6, 6.07) is 9.21. The SMILES string of the molecule is N#Cc1cccc(CN=C(N)N)c1. The van der Waals surface area contributed by atoms with E-state index in [-0.39, 0.29) is 5.96 Å². The summed E-state index contributed by atoms with van der Waals surface area (Å²) in [5.74, 6) is 0.0577. The van der Waals surface area contributed by atoms with E-state index in [1.807, 2.05) is 12.1 Å². The van der Waals surface area contributed by atoms with Gasteiger partial charge in [-0.1, -0.05) is 12.1 Å². The van der Waals surface area contributed by atoms with Crippen LogP contribution >= 0.6 is 0 Å². The van der Waals surface area contributed by atoms with Crippen molar-refractivity contribution >= 4 is 5.96 Å². The van der Waals surface area contributed by atoms with Crippen molar-refractivity contribution in [3.8, 4) is 6.07 Å². The zero-order valence-corrected chi connectivity index (χ0v) is 7.07. The summed E-state index contributed by atoms with van der Waals surface area (Å²) in [4.78, 5) is 3.83. The minimum Gasteiger partial charge on any atom is -0.370 e. The molecule has 0 saturated carbocycles. The maximum Gasteiger partial charge on any atom is 0.186 e. The van der Waals surface area contributed by atoms with Gasteiger partial charge in [0.15, 0.2) is 5.96 Å². The van der Waals surface area contributed by atoms with Gasteiger partial charge in [0, 0.05) is 0 Å². The maximum absolute atomic E-state index is 8.60. The van der Waals surface area contributed by atoms with E-state index in [1.165, 1.54) is 0 Å². The smallest absolute Gasteiger partial charge is 0.186 e. The number of aliphatic imine (C=N–C) groups is 1. The minimum atomic E-state index is 0.0577. The quantitative estimate of drug-likeness (QED) is 0.500. The van der Waals surface area contributed by atoms with Crippen molar-refractivity contribution in [2.24, 2.45) is 16.5 Å². The monoisotopic (exact) mass is 174 g/mol. The number of nitrogens with zero attached hydrogens (tertiary/aromatic N) is 2. The predicted octanol–water partition coefficient (Wildman–Crippen LogP) is 0.332. The lowest BCUT2D eigenvalue weighted by Gasteiger charge is -1.96. The van der Waals surface area contributed by atoms with Gasteiger partial charge >= 0.3 is 0 Å². The predicted molar refractivity (Wildman–Crippen MR) is 50.7 cm³/mol. The number of hydrogen-bond acceptors (Lipinski definition) is 2. The Hall–Kier alpha value is -2.02. The summed E-state index contributed by atoms with van der Waals surface area (Å²) in [7, 11) is 0. The molecule has 0 aromatic heterocycles. The van der Waals surface area contributed by atoms with Crippen molar-refractivity contribution in [1.82, 2.24) is 0 Å². The highest BCUT2D eigenvalue weighted by atomic mass is 15.0. The molecule has 0 spiro atoms. The summed E-state index contributed by atoms with van der Waals surface area (Å²) in [6.07, 6.45) is 0. The molecule has 0 aliphatic carbocycles. The van der Waals surface area contributed by atoms with Gasteiger partial charge in [-0.15, -0.1) is 0 Å². The molecule has 1 aromatic rings. The topological polar surface area (TPSA) is 88.2 Å². The maximum atomic E-state index is 8.60. The molecule has 1 aromatic carbocycles. The number of nitrogens with two attached hydrogens (primary N) is 2. The van der Waals surface area contributed by atoms with Crippen LogP contribution in [0.5, 0.6) is 0 Å². The van der Waals surface area contributed by atoms with Gasteiger partial charge in [0.2, 0.25) is 0 Å². The number of nitriles is 1. The van der Waals surface area contributed by atoms with Gasteiger partial charge < -0.3 is 11.5 Å². The molecule has 0 amide bonds. The Kier molecular flexibility index (Phi) is 2.87. The zero-order valence-electron chi connectivity index (χ0n) is 7.07. The van der Waals surface area contributed by atoms with Gasteiger partial charge in [-0.05, 0) is 17.7 Å². The third-order valence-electron chi connectivity index (χ3n) is 1.50.